The molecule has 22 heavy (non-hydrogen) atoms. The number of hydrogen-bond acceptors (Lipinski definition) is 5. The van der Waals surface area contributed by atoms with E-state index >= 15 is 0 Å². The molecule has 1 aliphatic heterocycles. The molecule has 2 aromatic rings. The van der Waals surface area contributed by atoms with Crippen molar-refractivity contribution in [3.8, 4) is 6.07 Å². The standard InChI is InChI=1S/C15H16ClN5O/c1-9-11(6-17)15(20-7-12(9)16)21-8-10(22-2)5-13(21)14-18-3-4-19-14/h3-4,7,10,13H,5,8H2,1-2H3,(H,18,19)/t10-,13?/m1/s1. The summed E-state index contributed by atoms with van der Waals surface area (Å²) in [5.74, 6) is 1.48. The van der Waals surface area contributed by atoms with Crippen LogP contribution in [0, 0.1) is 18.3 Å². The Morgan fingerprint density at radius 1 is 1.50 bits per heavy atom. The van der Waals surface area contributed by atoms with Crippen molar-refractivity contribution < 1.29 is 4.74 Å². The predicted molar refractivity (Wildman–Crippen MR) is 82.8 cm³/mol. The Labute approximate surface area is 133 Å². The predicted octanol–water partition coefficient (Wildman–Crippen LogP) is 2.60. The number of anilines is 1. The average molecular weight is 318 g/mol. The van der Waals surface area contributed by atoms with E-state index in [1.165, 1.54) is 0 Å². The van der Waals surface area contributed by atoms with Gasteiger partial charge in [-0.25, -0.2) is 9.97 Å². The van der Waals surface area contributed by atoms with Gasteiger partial charge in [0.25, 0.3) is 0 Å². The number of pyridine rings is 1. The lowest BCUT2D eigenvalue weighted by molar-refractivity contribution is 0.118. The molecule has 0 saturated carbocycles. The molecule has 1 fully saturated rings. The van der Waals surface area contributed by atoms with Gasteiger partial charge < -0.3 is 14.6 Å². The van der Waals surface area contributed by atoms with Crippen molar-refractivity contribution in [3.63, 3.8) is 0 Å². The van der Waals surface area contributed by atoms with Gasteiger partial charge in [0.2, 0.25) is 0 Å². The Balaban J connectivity index is 2.06. The highest BCUT2D eigenvalue weighted by Crippen LogP contribution is 2.37. The van der Waals surface area contributed by atoms with Gasteiger partial charge in [-0.05, 0) is 12.5 Å². The normalized spacial score (nSPS) is 21.1. The minimum absolute atomic E-state index is 0.000116. The SMILES string of the molecule is CO[C@@H]1CC(c2ncc[nH]2)N(c2ncc(Cl)c(C)c2C#N)C1. The number of nitriles is 1. The van der Waals surface area contributed by atoms with Crippen LogP contribution in [-0.2, 0) is 4.74 Å². The van der Waals surface area contributed by atoms with E-state index < -0.39 is 0 Å². The molecule has 1 N–H and O–H groups in total. The van der Waals surface area contributed by atoms with Crippen LogP contribution in [0.5, 0.6) is 0 Å². The largest absolute Gasteiger partial charge is 0.380 e. The molecule has 1 unspecified atom stereocenters. The molecule has 0 aliphatic carbocycles. The Kier molecular flexibility index (Phi) is 4.01. The smallest absolute Gasteiger partial charge is 0.147 e. The van der Waals surface area contributed by atoms with Crippen molar-refractivity contribution in [3.05, 3.63) is 40.6 Å². The first-order valence-electron chi connectivity index (χ1n) is 6.99. The second-order valence-corrected chi connectivity index (χ2v) is 5.68. The zero-order valence-electron chi connectivity index (χ0n) is 12.4. The number of aromatic amines is 1. The Bertz CT molecular complexity index is 709. The van der Waals surface area contributed by atoms with Gasteiger partial charge in [-0.2, -0.15) is 5.26 Å². The van der Waals surface area contributed by atoms with Gasteiger partial charge in [-0.1, -0.05) is 11.6 Å². The molecule has 0 radical (unpaired) electrons. The molecule has 0 amide bonds. The summed E-state index contributed by atoms with van der Waals surface area (Å²) in [5, 5.41) is 9.99. The van der Waals surface area contributed by atoms with Gasteiger partial charge in [-0.3, -0.25) is 0 Å². The van der Waals surface area contributed by atoms with Crippen molar-refractivity contribution in [1.29, 1.82) is 5.26 Å². The van der Waals surface area contributed by atoms with E-state index in [2.05, 4.69) is 25.9 Å². The lowest BCUT2D eigenvalue weighted by atomic mass is 10.1. The summed E-state index contributed by atoms with van der Waals surface area (Å²) >= 11 is 6.09. The van der Waals surface area contributed by atoms with Gasteiger partial charge in [0.05, 0.1) is 22.7 Å². The lowest BCUT2D eigenvalue weighted by Crippen LogP contribution is -2.27. The zero-order chi connectivity index (χ0) is 15.7. The fourth-order valence-corrected chi connectivity index (χ4v) is 2.98. The third kappa shape index (κ3) is 2.43. The fraction of sp³-hybridized carbons (Fsp3) is 0.400. The van der Waals surface area contributed by atoms with E-state index in [1.54, 1.807) is 25.7 Å². The fourth-order valence-electron chi connectivity index (χ4n) is 2.84. The van der Waals surface area contributed by atoms with Crippen LogP contribution in [0.15, 0.2) is 18.6 Å². The molecule has 2 atom stereocenters. The summed E-state index contributed by atoms with van der Waals surface area (Å²) in [4.78, 5) is 13.9. The number of H-pyrrole nitrogens is 1. The minimum Gasteiger partial charge on any atom is -0.380 e. The van der Waals surface area contributed by atoms with E-state index in [0.717, 1.165) is 17.8 Å². The number of aromatic nitrogens is 3. The highest BCUT2D eigenvalue weighted by molar-refractivity contribution is 6.31. The monoisotopic (exact) mass is 317 g/mol. The molecule has 114 valence electrons. The maximum absolute atomic E-state index is 9.49. The van der Waals surface area contributed by atoms with Crippen LogP contribution in [0.25, 0.3) is 0 Å². The average Bonchev–Trinajstić information content (AvgIpc) is 3.18. The van der Waals surface area contributed by atoms with Crippen LogP contribution in [0.2, 0.25) is 5.02 Å². The van der Waals surface area contributed by atoms with Gasteiger partial charge in [0.1, 0.15) is 17.7 Å². The number of rotatable bonds is 3. The first-order chi connectivity index (χ1) is 10.7. The van der Waals surface area contributed by atoms with Crippen LogP contribution in [-0.4, -0.2) is 34.7 Å². The number of hydrogen-bond donors (Lipinski definition) is 1. The molecule has 0 spiro atoms. The topological polar surface area (TPSA) is 77.8 Å². The van der Waals surface area contributed by atoms with Gasteiger partial charge in [0, 0.05) is 38.7 Å². The number of imidazole rings is 1. The van der Waals surface area contributed by atoms with Crippen LogP contribution in [0.1, 0.15) is 29.4 Å². The van der Waals surface area contributed by atoms with Gasteiger partial charge >= 0.3 is 0 Å². The molecular formula is C15H16ClN5O. The van der Waals surface area contributed by atoms with Crippen LogP contribution >= 0.6 is 11.6 Å². The maximum Gasteiger partial charge on any atom is 0.147 e. The third-order valence-electron chi connectivity index (χ3n) is 4.07. The highest BCUT2D eigenvalue weighted by atomic mass is 35.5. The molecule has 0 bridgehead atoms. The van der Waals surface area contributed by atoms with E-state index in [0.29, 0.717) is 22.9 Å². The van der Waals surface area contributed by atoms with Crippen molar-refractivity contribution in [1.82, 2.24) is 15.0 Å². The molecule has 6 nitrogen and oxygen atoms in total. The summed E-state index contributed by atoms with van der Waals surface area (Å²) in [6.45, 7) is 2.49. The lowest BCUT2D eigenvalue weighted by Gasteiger charge is -2.25. The second-order valence-electron chi connectivity index (χ2n) is 5.28. The van der Waals surface area contributed by atoms with Gasteiger partial charge in [0.15, 0.2) is 0 Å². The number of nitrogens with zero attached hydrogens (tertiary/aromatic N) is 4. The Morgan fingerprint density at radius 2 is 2.32 bits per heavy atom. The number of halogens is 1. The molecule has 2 aromatic heterocycles. The second kappa shape index (κ2) is 5.95. The summed E-state index contributed by atoms with van der Waals surface area (Å²) < 4.78 is 5.50. The molecule has 7 heteroatoms. The van der Waals surface area contributed by atoms with Crippen molar-refractivity contribution in [2.75, 3.05) is 18.6 Å². The van der Waals surface area contributed by atoms with Crippen molar-refractivity contribution in [2.24, 2.45) is 0 Å². The van der Waals surface area contributed by atoms with Crippen molar-refractivity contribution in [2.45, 2.75) is 25.5 Å². The molecule has 1 saturated heterocycles. The molecule has 0 aromatic carbocycles. The molecular weight excluding hydrogens is 302 g/mol. The number of nitrogens with one attached hydrogen (secondary N) is 1. The zero-order valence-corrected chi connectivity index (χ0v) is 13.1. The van der Waals surface area contributed by atoms with Gasteiger partial charge in [-0.15, -0.1) is 0 Å². The van der Waals surface area contributed by atoms with E-state index in [9.17, 15) is 5.26 Å². The molecule has 3 heterocycles. The Hall–Kier alpha value is -2.10. The van der Waals surface area contributed by atoms with Crippen LogP contribution < -0.4 is 4.90 Å². The molecule has 1 aliphatic rings. The number of ether oxygens (including phenoxy) is 1. The maximum atomic E-state index is 9.49. The quantitative estimate of drug-likeness (QED) is 0.941. The van der Waals surface area contributed by atoms with Crippen LogP contribution in [0.3, 0.4) is 0 Å². The van der Waals surface area contributed by atoms with E-state index in [1.807, 2.05) is 6.92 Å². The summed E-state index contributed by atoms with van der Waals surface area (Å²) in [6, 6.07) is 2.22. The summed E-state index contributed by atoms with van der Waals surface area (Å²) in [6.07, 6.45) is 5.96. The summed E-state index contributed by atoms with van der Waals surface area (Å²) in [7, 11) is 1.69. The Morgan fingerprint density at radius 3 is 2.95 bits per heavy atom. The molecule has 3 rings (SSSR count). The third-order valence-corrected chi connectivity index (χ3v) is 4.45. The van der Waals surface area contributed by atoms with Crippen LogP contribution in [0.4, 0.5) is 5.82 Å². The van der Waals surface area contributed by atoms with Crippen molar-refractivity contribution >= 4 is 17.4 Å². The summed E-state index contributed by atoms with van der Waals surface area (Å²) in [5.41, 5.74) is 1.24. The first-order valence-corrected chi connectivity index (χ1v) is 7.37. The minimum atomic E-state index is 0.000116. The van der Waals surface area contributed by atoms with E-state index in [-0.39, 0.29) is 12.1 Å². The first kappa shape index (κ1) is 14.8. The highest BCUT2D eigenvalue weighted by Gasteiger charge is 2.37. The number of methoxy groups -OCH3 is 1. The van der Waals surface area contributed by atoms with E-state index in [4.69, 9.17) is 16.3 Å².